The fraction of sp³-hybridized carbons (Fsp3) is 0.208. The summed E-state index contributed by atoms with van der Waals surface area (Å²) < 4.78 is 12.5. The molecule has 0 spiro atoms. The highest BCUT2D eigenvalue weighted by molar-refractivity contribution is 8.00. The van der Waals surface area contributed by atoms with Crippen LogP contribution in [0.1, 0.15) is 20.3 Å². The van der Waals surface area contributed by atoms with Crippen LogP contribution in [0.2, 0.25) is 10.0 Å². The van der Waals surface area contributed by atoms with Gasteiger partial charge in [-0.2, -0.15) is 0 Å². The Morgan fingerprint density at radius 3 is 2.76 bits per heavy atom. The van der Waals surface area contributed by atoms with Crippen LogP contribution in [-0.4, -0.2) is 27.4 Å². The van der Waals surface area contributed by atoms with E-state index in [0.717, 1.165) is 11.8 Å². The Hall–Kier alpha value is -2.74. The molecule has 9 heteroatoms. The zero-order chi connectivity index (χ0) is 23.5. The number of thioether (sulfide) groups is 1. The number of halogens is 2. The molecule has 0 bridgehead atoms. The van der Waals surface area contributed by atoms with Crippen molar-refractivity contribution in [2.45, 2.75) is 30.7 Å². The summed E-state index contributed by atoms with van der Waals surface area (Å²) in [6.45, 7) is 4.03. The second-order valence-corrected chi connectivity index (χ2v) is 9.44. The van der Waals surface area contributed by atoms with Gasteiger partial charge in [-0.05, 0) is 43.7 Å². The van der Waals surface area contributed by atoms with Crippen LogP contribution in [0.25, 0.3) is 27.9 Å². The molecule has 4 rings (SSSR count). The van der Waals surface area contributed by atoms with E-state index in [9.17, 15) is 9.59 Å². The minimum atomic E-state index is -0.523. The molecule has 2 heterocycles. The quantitative estimate of drug-likeness (QED) is 0.165. The second-order valence-electron chi connectivity index (χ2n) is 7.29. The van der Waals surface area contributed by atoms with Crippen LogP contribution in [0.15, 0.2) is 69.1 Å². The molecule has 6 nitrogen and oxygen atoms in total. The number of esters is 1. The molecule has 2 aromatic carbocycles. The number of hydrogen-bond donors (Lipinski definition) is 0. The summed E-state index contributed by atoms with van der Waals surface area (Å²) in [6, 6.07) is 14.1. The zero-order valence-corrected chi connectivity index (χ0v) is 20.2. The molecule has 0 saturated carbocycles. The average Bonchev–Trinajstić information content (AvgIpc) is 3.19. The lowest BCUT2D eigenvalue weighted by Gasteiger charge is -2.13. The second kappa shape index (κ2) is 10.0. The number of carbonyl (C=O) groups excluding carboxylic acids is 1. The minimum absolute atomic E-state index is 0.306. The highest BCUT2D eigenvalue weighted by atomic mass is 35.5. The maximum Gasteiger partial charge on any atom is 0.345 e. The van der Waals surface area contributed by atoms with Gasteiger partial charge in [0, 0.05) is 16.6 Å². The molecule has 0 amide bonds. The highest BCUT2D eigenvalue weighted by Crippen LogP contribution is 2.33. The SMILES string of the molecule is CCCOC(=O)C(C)Sc1nc(-c2cc3ccccc3oc2=O)cn1-c1ccc(Cl)cc1Cl. The van der Waals surface area contributed by atoms with Gasteiger partial charge in [-0.3, -0.25) is 9.36 Å². The lowest BCUT2D eigenvalue weighted by atomic mass is 10.1. The molecule has 1 unspecified atom stereocenters. The number of imidazole rings is 1. The van der Waals surface area contributed by atoms with Gasteiger partial charge in [0.2, 0.25) is 0 Å². The summed E-state index contributed by atoms with van der Waals surface area (Å²) in [6.07, 6.45) is 2.43. The van der Waals surface area contributed by atoms with E-state index in [4.69, 9.17) is 32.4 Å². The first-order valence-electron chi connectivity index (χ1n) is 10.3. The number of fused-ring (bicyclic) bond motifs is 1. The first-order valence-corrected chi connectivity index (χ1v) is 11.9. The van der Waals surface area contributed by atoms with Crippen LogP contribution in [0.3, 0.4) is 0 Å². The molecule has 0 aliphatic carbocycles. The molecule has 0 fully saturated rings. The van der Waals surface area contributed by atoms with Crippen molar-refractivity contribution in [3.05, 3.63) is 75.2 Å². The molecule has 0 radical (unpaired) electrons. The van der Waals surface area contributed by atoms with E-state index in [1.54, 1.807) is 54.1 Å². The third-order valence-corrected chi connectivity index (χ3v) is 6.41. The van der Waals surface area contributed by atoms with E-state index in [2.05, 4.69) is 4.98 Å². The van der Waals surface area contributed by atoms with Crippen molar-refractivity contribution in [3.8, 4) is 16.9 Å². The number of ether oxygens (including phenoxy) is 1. The van der Waals surface area contributed by atoms with Crippen LogP contribution < -0.4 is 5.63 Å². The van der Waals surface area contributed by atoms with E-state index in [-0.39, 0.29) is 5.97 Å². The molecule has 0 aliphatic heterocycles. The molecule has 1 atom stereocenters. The van der Waals surface area contributed by atoms with Gasteiger partial charge in [0.15, 0.2) is 5.16 Å². The summed E-state index contributed by atoms with van der Waals surface area (Å²) in [5.74, 6) is -0.342. The third kappa shape index (κ3) is 5.11. The fourth-order valence-electron chi connectivity index (χ4n) is 3.19. The van der Waals surface area contributed by atoms with Crippen LogP contribution in [0.4, 0.5) is 0 Å². The van der Waals surface area contributed by atoms with Crippen molar-refractivity contribution in [1.82, 2.24) is 9.55 Å². The number of benzene rings is 2. The Balaban J connectivity index is 1.81. The van der Waals surface area contributed by atoms with Gasteiger partial charge in [0.05, 0.1) is 28.6 Å². The van der Waals surface area contributed by atoms with E-state index < -0.39 is 10.9 Å². The smallest absolute Gasteiger partial charge is 0.345 e. The molecular weight excluding hydrogens is 483 g/mol. The van der Waals surface area contributed by atoms with Crippen molar-refractivity contribution in [3.63, 3.8) is 0 Å². The molecular formula is C24H20Cl2N2O4S. The van der Waals surface area contributed by atoms with E-state index in [1.165, 1.54) is 11.8 Å². The summed E-state index contributed by atoms with van der Waals surface area (Å²) in [7, 11) is 0. The van der Waals surface area contributed by atoms with Crippen LogP contribution in [0.5, 0.6) is 0 Å². The van der Waals surface area contributed by atoms with Gasteiger partial charge in [0.1, 0.15) is 10.8 Å². The van der Waals surface area contributed by atoms with Crippen molar-refractivity contribution in [2.75, 3.05) is 6.61 Å². The lowest BCUT2D eigenvalue weighted by molar-refractivity contribution is -0.142. The standard InChI is InChI=1S/C24H20Cl2N2O4S/c1-3-10-31-22(29)14(2)33-24-27-19(13-28(24)20-9-8-16(25)12-18(20)26)17-11-15-6-4-5-7-21(15)32-23(17)30/h4-9,11-14H,3,10H2,1-2H3. The van der Waals surface area contributed by atoms with Gasteiger partial charge in [-0.1, -0.05) is 60.1 Å². The maximum absolute atomic E-state index is 12.7. The Kier molecular flexibility index (Phi) is 7.12. The van der Waals surface area contributed by atoms with Crippen LogP contribution >= 0.6 is 35.0 Å². The van der Waals surface area contributed by atoms with E-state index in [0.29, 0.717) is 44.3 Å². The van der Waals surface area contributed by atoms with E-state index in [1.807, 2.05) is 19.1 Å². The Bertz CT molecular complexity index is 1380. The molecule has 2 aromatic heterocycles. The Labute approximate surface area is 204 Å². The Morgan fingerprint density at radius 2 is 2.00 bits per heavy atom. The average molecular weight is 503 g/mol. The molecule has 170 valence electrons. The van der Waals surface area contributed by atoms with Crippen LogP contribution in [0, 0.1) is 0 Å². The summed E-state index contributed by atoms with van der Waals surface area (Å²) >= 11 is 13.7. The predicted octanol–water partition coefficient (Wildman–Crippen LogP) is 6.39. The number of aromatic nitrogens is 2. The van der Waals surface area contributed by atoms with Gasteiger partial charge < -0.3 is 9.15 Å². The van der Waals surface area contributed by atoms with Crippen molar-refractivity contribution in [1.29, 1.82) is 0 Å². The summed E-state index contributed by atoms with van der Waals surface area (Å²) in [5, 5.41) is 1.62. The zero-order valence-electron chi connectivity index (χ0n) is 17.9. The number of para-hydroxylation sites is 1. The predicted molar refractivity (Wildman–Crippen MR) is 132 cm³/mol. The van der Waals surface area contributed by atoms with Crippen LogP contribution in [-0.2, 0) is 9.53 Å². The summed E-state index contributed by atoms with van der Waals surface area (Å²) in [4.78, 5) is 29.7. The van der Waals surface area contributed by atoms with E-state index >= 15 is 0 Å². The molecule has 0 N–H and O–H groups in total. The monoisotopic (exact) mass is 502 g/mol. The van der Waals surface area contributed by atoms with Crippen molar-refractivity contribution >= 4 is 51.9 Å². The normalized spacial score (nSPS) is 12.1. The molecule has 4 aromatic rings. The number of nitrogens with zero attached hydrogens (tertiary/aromatic N) is 2. The number of rotatable bonds is 7. The van der Waals surface area contributed by atoms with Crippen molar-refractivity contribution < 1.29 is 13.9 Å². The number of hydrogen-bond acceptors (Lipinski definition) is 6. The van der Waals surface area contributed by atoms with Gasteiger partial charge in [0.25, 0.3) is 0 Å². The first-order chi connectivity index (χ1) is 15.9. The first kappa shape index (κ1) is 23.4. The van der Waals surface area contributed by atoms with Gasteiger partial charge in [-0.25, -0.2) is 9.78 Å². The van der Waals surface area contributed by atoms with Gasteiger partial charge in [-0.15, -0.1) is 0 Å². The topological polar surface area (TPSA) is 74.3 Å². The largest absolute Gasteiger partial charge is 0.465 e. The lowest BCUT2D eigenvalue weighted by Crippen LogP contribution is -2.18. The van der Waals surface area contributed by atoms with Crippen molar-refractivity contribution in [2.24, 2.45) is 0 Å². The fourth-order valence-corrected chi connectivity index (χ4v) is 4.59. The minimum Gasteiger partial charge on any atom is -0.465 e. The van der Waals surface area contributed by atoms with Gasteiger partial charge >= 0.3 is 11.6 Å². The molecule has 33 heavy (non-hydrogen) atoms. The third-order valence-electron chi connectivity index (χ3n) is 4.82. The molecule has 0 aliphatic rings. The number of carbonyl (C=O) groups is 1. The maximum atomic E-state index is 12.7. The molecule has 0 saturated heterocycles. The highest BCUT2D eigenvalue weighted by Gasteiger charge is 2.23. The summed E-state index contributed by atoms with van der Waals surface area (Å²) in [5.41, 5.74) is 1.31. The Morgan fingerprint density at radius 1 is 1.21 bits per heavy atom.